The highest BCUT2D eigenvalue weighted by Gasteiger charge is 2.56. The summed E-state index contributed by atoms with van der Waals surface area (Å²) in [5.74, 6) is -1.99. The number of carbonyl (C=O) groups is 2. The molecule has 0 saturated carbocycles. The maximum Gasteiger partial charge on any atom is 0.332 e. The minimum Gasteiger partial charge on any atom is -0.468 e. The Bertz CT molecular complexity index is 1040. The van der Waals surface area contributed by atoms with Crippen LogP contribution < -0.4 is 10.9 Å². The fourth-order valence-electron chi connectivity index (χ4n) is 3.29. The monoisotopic (exact) mass is 364 g/mol. The Hall–Kier alpha value is -3.54. The molecule has 0 unspecified atom stereocenters. The van der Waals surface area contributed by atoms with Gasteiger partial charge in [0.25, 0.3) is 0 Å². The summed E-state index contributed by atoms with van der Waals surface area (Å²) in [4.78, 5) is 50.7. The molecule has 6 nitrogen and oxygen atoms in total. The van der Waals surface area contributed by atoms with Gasteiger partial charge in [-0.1, -0.05) is 60.7 Å². The van der Waals surface area contributed by atoms with Crippen LogP contribution in [0.5, 0.6) is 0 Å². The molecule has 0 fully saturated rings. The van der Waals surface area contributed by atoms with Crippen molar-refractivity contribution in [2.24, 2.45) is 0 Å². The molecule has 0 atom stereocenters. The van der Waals surface area contributed by atoms with Crippen molar-refractivity contribution in [1.82, 2.24) is 0 Å². The molecule has 0 aliphatic heterocycles. The Morgan fingerprint density at radius 3 is 1.70 bits per heavy atom. The normalized spacial score (nSPS) is 11.2. The molecule has 0 aliphatic carbocycles. The molecule has 3 aromatic carbocycles. The largest absolute Gasteiger partial charge is 0.468 e. The summed E-state index contributed by atoms with van der Waals surface area (Å²) in [6.07, 6.45) is 0. The SMILES string of the molecule is COC(=O)C(C(=O)OC)(c1ccccc1)c1c(-c2ccccc2)c(=O)c1=O. The van der Waals surface area contributed by atoms with E-state index < -0.39 is 28.2 Å². The number of methoxy groups -OCH3 is 2. The number of carbonyl (C=O) groups excluding carboxylic acids is 2. The lowest BCUT2D eigenvalue weighted by atomic mass is 9.69. The van der Waals surface area contributed by atoms with Crippen molar-refractivity contribution in [1.29, 1.82) is 0 Å². The average molecular weight is 364 g/mol. The summed E-state index contributed by atoms with van der Waals surface area (Å²) in [6.45, 7) is 0. The standard InChI is InChI=1S/C21H16O6/c1-26-19(24)21(20(25)27-2,14-11-7-4-8-12-14)16-15(17(22)18(16)23)13-9-5-3-6-10-13/h3-12H,1-2H3. The summed E-state index contributed by atoms with van der Waals surface area (Å²) in [5, 5.41) is 0. The molecule has 136 valence electrons. The minimum atomic E-state index is -2.18. The zero-order valence-electron chi connectivity index (χ0n) is 14.7. The summed E-state index contributed by atoms with van der Waals surface area (Å²) in [7, 11) is 2.22. The molecule has 0 aliphatic rings. The number of ether oxygens (including phenoxy) is 2. The van der Waals surface area contributed by atoms with Crippen molar-refractivity contribution < 1.29 is 19.1 Å². The molecule has 0 N–H and O–H groups in total. The molecule has 27 heavy (non-hydrogen) atoms. The zero-order chi connectivity index (χ0) is 19.6. The summed E-state index contributed by atoms with van der Waals surface area (Å²) in [5.41, 5.74) is -3.44. The first-order valence-corrected chi connectivity index (χ1v) is 8.11. The third kappa shape index (κ3) is 2.57. The van der Waals surface area contributed by atoms with E-state index in [0.29, 0.717) is 5.56 Å². The first-order chi connectivity index (χ1) is 13.0. The van der Waals surface area contributed by atoms with Crippen LogP contribution in [0.4, 0.5) is 0 Å². The van der Waals surface area contributed by atoms with Crippen molar-refractivity contribution in [2.75, 3.05) is 14.2 Å². The van der Waals surface area contributed by atoms with Crippen LogP contribution in [0.3, 0.4) is 0 Å². The fourth-order valence-corrected chi connectivity index (χ4v) is 3.29. The van der Waals surface area contributed by atoms with Crippen LogP contribution in [0.15, 0.2) is 70.3 Å². The first-order valence-electron chi connectivity index (χ1n) is 8.11. The van der Waals surface area contributed by atoms with E-state index in [4.69, 9.17) is 9.47 Å². The third-order valence-electron chi connectivity index (χ3n) is 4.54. The Morgan fingerprint density at radius 2 is 1.22 bits per heavy atom. The van der Waals surface area contributed by atoms with Gasteiger partial charge in [0.05, 0.1) is 14.2 Å². The van der Waals surface area contributed by atoms with Crippen LogP contribution in [0.1, 0.15) is 11.1 Å². The van der Waals surface area contributed by atoms with Crippen molar-refractivity contribution >= 4 is 11.9 Å². The molecule has 3 rings (SSSR count). The number of benzene rings is 2. The van der Waals surface area contributed by atoms with Crippen molar-refractivity contribution in [3.63, 3.8) is 0 Å². The zero-order valence-corrected chi connectivity index (χ0v) is 14.7. The quantitative estimate of drug-likeness (QED) is 0.388. The van der Waals surface area contributed by atoms with Gasteiger partial charge in [-0.05, 0) is 11.1 Å². The second-order valence-electron chi connectivity index (χ2n) is 5.87. The van der Waals surface area contributed by atoms with Crippen LogP contribution >= 0.6 is 0 Å². The Morgan fingerprint density at radius 1 is 0.741 bits per heavy atom. The molecular formula is C21H16O6. The van der Waals surface area contributed by atoms with Gasteiger partial charge in [-0.3, -0.25) is 19.2 Å². The van der Waals surface area contributed by atoms with E-state index in [1.54, 1.807) is 48.5 Å². The molecule has 3 aromatic rings. The van der Waals surface area contributed by atoms with Gasteiger partial charge in [0.2, 0.25) is 16.3 Å². The van der Waals surface area contributed by atoms with E-state index in [2.05, 4.69) is 0 Å². The van der Waals surface area contributed by atoms with E-state index in [9.17, 15) is 19.2 Å². The van der Waals surface area contributed by atoms with Gasteiger partial charge in [-0.15, -0.1) is 0 Å². The minimum absolute atomic E-state index is 0.0141. The molecular weight excluding hydrogens is 348 g/mol. The van der Waals surface area contributed by atoms with Gasteiger partial charge in [0, 0.05) is 11.1 Å². The molecule has 0 heterocycles. The molecule has 0 radical (unpaired) electrons. The van der Waals surface area contributed by atoms with Crippen LogP contribution in [-0.4, -0.2) is 26.2 Å². The van der Waals surface area contributed by atoms with Crippen molar-refractivity contribution in [3.05, 3.63) is 92.2 Å². The maximum absolute atomic E-state index is 12.9. The molecule has 6 heteroatoms. The second-order valence-corrected chi connectivity index (χ2v) is 5.87. The molecule has 0 spiro atoms. The summed E-state index contributed by atoms with van der Waals surface area (Å²) >= 11 is 0. The number of rotatable bonds is 5. The lowest BCUT2D eigenvalue weighted by molar-refractivity contribution is -0.159. The highest BCUT2D eigenvalue weighted by Crippen LogP contribution is 2.38. The van der Waals surface area contributed by atoms with E-state index in [0.717, 1.165) is 14.2 Å². The fraction of sp³-hybridized carbons (Fsp3) is 0.143. The van der Waals surface area contributed by atoms with Gasteiger partial charge in [-0.25, -0.2) is 0 Å². The highest BCUT2D eigenvalue weighted by molar-refractivity contribution is 6.12. The lowest BCUT2D eigenvalue weighted by Gasteiger charge is -2.31. The van der Waals surface area contributed by atoms with E-state index in [1.807, 2.05) is 0 Å². The van der Waals surface area contributed by atoms with E-state index in [1.165, 1.54) is 12.1 Å². The summed E-state index contributed by atoms with van der Waals surface area (Å²) < 4.78 is 9.76. The summed E-state index contributed by atoms with van der Waals surface area (Å²) in [6, 6.07) is 16.3. The molecule has 0 bridgehead atoms. The predicted molar refractivity (Wildman–Crippen MR) is 98.0 cm³/mol. The number of hydrogen-bond donors (Lipinski definition) is 0. The highest BCUT2D eigenvalue weighted by atomic mass is 16.5. The Balaban J connectivity index is 2.43. The third-order valence-corrected chi connectivity index (χ3v) is 4.54. The lowest BCUT2D eigenvalue weighted by Crippen LogP contribution is -2.55. The maximum atomic E-state index is 12.9. The first kappa shape index (κ1) is 18.3. The number of esters is 2. The van der Waals surface area contributed by atoms with Crippen LogP contribution in [-0.2, 0) is 24.5 Å². The van der Waals surface area contributed by atoms with Crippen molar-refractivity contribution in [2.45, 2.75) is 5.41 Å². The van der Waals surface area contributed by atoms with Crippen LogP contribution in [0.2, 0.25) is 0 Å². The van der Waals surface area contributed by atoms with Gasteiger partial charge in [0.1, 0.15) is 0 Å². The van der Waals surface area contributed by atoms with Crippen LogP contribution in [0.25, 0.3) is 11.1 Å². The van der Waals surface area contributed by atoms with Gasteiger partial charge in [0.15, 0.2) is 0 Å². The van der Waals surface area contributed by atoms with Gasteiger partial charge >= 0.3 is 11.9 Å². The smallest absolute Gasteiger partial charge is 0.332 e. The molecule has 0 saturated heterocycles. The van der Waals surface area contributed by atoms with Crippen LogP contribution in [0, 0.1) is 0 Å². The van der Waals surface area contributed by atoms with E-state index >= 15 is 0 Å². The number of hydrogen-bond acceptors (Lipinski definition) is 6. The topological polar surface area (TPSA) is 86.7 Å². The average Bonchev–Trinajstić information content (AvgIpc) is 2.73. The van der Waals surface area contributed by atoms with E-state index in [-0.39, 0.29) is 16.7 Å². The van der Waals surface area contributed by atoms with Gasteiger partial charge in [-0.2, -0.15) is 0 Å². The molecule has 0 aromatic heterocycles. The second kappa shape index (κ2) is 6.99. The van der Waals surface area contributed by atoms with Crippen molar-refractivity contribution in [3.8, 4) is 11.1 Å². The Labute approximate surface area is 154 Å². The molecule has 0 amide bonds. The van der Waals surface area contributed by atoms with Gasteiger partial charge < -0.3 is 9.47 Å². The predicted octanol–water partition coefficient (Wildman–Crippen LogP) is 1.58. The Kier molecular flexibility index (Phi) is 4.73.